The van der Waals surface area contributed by atoms with Gasteiger partial charge in [0.05, 0.1) is 0 Å². The van der Waals surface area contributed by atoms with Crippen LogP contribution in [0.5, 0.6) is 0 Å². The Bertz CT molecular complexity index is 1330. The number of carbonyl (C=O) groups excluding carboxylic acids is 7. The molecule has 6 atom stereocenters. The second kappa shape index (κ2) is 21.7. The zero-order valence-corrected chi connectivity index (χ0v) is 31.9. The van der Waals surface area contributed by atoms with E-state index in [0.29, 0.717) is 12.8 Å². The fourth-order valence-electron chi connectivity index (χ4n) is 5.43. The zero-order valence-electron chi connectivity index (χ0n) is 31.9. The van der Waals surface area contributed by atoms with Crippen LogP contribution in [-0.2, 0) is 40.0 Å². The molecule has 0 aliphatic rings. The van der Waals surface area contributed by atoms with E-state index in [2.05, 4.69) is 31.9 Å². The Morgan fingerprint density at radius 1 is 0.529 bits per heavy atom. The Morgan fingerprint density at radius 3 is 1.43 bits per heavy atom. The molecule has 1 aromatic rings. The largest absolute Gasteiger partial charge is 0.368 e. The molecule has 51 heavy (non-hydrogen) atoms. The number of carbonyl (C=O) groups is 7. The van der Waals surface area contributed by atoms with Crippen LogP contribution in [0, 0.1) is 23.7 Å². The van der Waals surface area contributed by atoms with Gasteiger partial charge in [-0.15, -0.1) is 0 Å². The predicted molar refractivity (Wildman–Crippen MR) is 195 cm³/mol. The molecule has 0 fully saturated rings. The third-order valence-corrected chi connectivity index (χ3v) is 8.02. The summed E-state index contributed by atoms with van der Waals surface area (Å²) < 4.78 is 0. The van der Waals surface area contributed by atoms with E-state index in [9.17, 15) is 33.6 Å². The highest BCUT2D eigenvalue weighted by molar-refractivity contribution is 5.97. The lowest BCUT2D eigenvalue weighted by Gasteiger charge is -2.29. The Morgan fingerprint density at radius 2 is 0.961 bits per heavy atom. The minimum atomic E-state index is -1.09. The maximum Gasteiger partial charge on any atom is 0.243 e. The molecule has 0 unspecified atom stereocenters. The Balaban J connectivity index is 3.20. The third kappa shape index (κ3) is 16.8. The van der Waals surface area contributed by atoms with Crippen LogP contribution in [0.15, 0.2) is 30.3 Å². The first-order valence-corrected chi connectivity index (χ1v) is 17.8. The van der Waals surface area contributed by atoms with Crippen LogP contribution >= 0.6 is 0 Å². The van der Waals surface area contributed by atoms with Gasteiger partial charge < -0.3 is 37.6 Å². The molecule has 286 valence electrons. The van der Waals surface area contributed by atoms with Gasteiger partial charge in [0.25, 0.3) is 0 Å². The summed E-state index contributed by atoms with van der Waals surface area (Å²) in [4.78, 5) is 90.9. The van der Waals surface area contributed by atoms with E-state index in [4.69, 9.17) is 5.73 Å². The summed E-state index contributed by atoms with van der Waals surface area (Å²) in [6.45, 7) is 17.6. The summed E-state index contributed by atoms with van der Waals surface area (Å²) in [6.07, 6.45) is 1.02. The second-order valence-electron chi connectivity index (χ2n) is 14.9. The van der Waals surface area contributed by atoms with Crippen molar-refractivity contribution in [2.45, 2.75) is 131 Å². The fraction of sp³-hybridized carbons (Fsp3) is 0.649. The van der Waals surface area contributed by atoms with Crippen LogP contribution in [0.3, 0.4) is 0 Å². The van der Waals surface area contributed by atoms with Crippen molar-refractivity contribution in [1.82, 2.24) is 31.9 Å². The monoisotopic (exact) mass is 715 g/mol. The van der Waals surface area contributed by atoms with E-state index < -0.39 is 77.6 Å². The standard InChI is InChI=1S/C37H61N7O7/c1-20(2)16-27(32(38)46)41-36(50)30(19-26-14-12-11-13-15-26)42-35(49)29(18-22(5)6)43-37(51)31(23(7)8)44-33(47)24(9)39-34(48)28(17-21(3)4)40-25(10)45/h11-15,20-24,27-31H,16-19H2,1-10H3,(H2,38,46)(H,39,48)(H,40,45)(H,41,50)(H,42,49)(H,43,51)(H,44,47)/t24-,27-,28-,29-,30-,31-/m0/s1. The molecule has 0 aliphatic heterocycles. The lowest BCUT2D eigenvalue weighted by Crippen LogP contribution is -2.60. The van der Waals surface area contributed by atoms with Gasteiger partial charge in [-0.2, -0.15) is 0 Å². The zero-order chi connectivity index (χ0) is 39.0. The quantitative estimate of drug-likeness (QED) is 0.0993. The third-order valence-electron chi connectivity index (χ3n) is 8.02. The van der Waals surface area contributed by atoms with Crippen molar-refractivity contribution in [2.24, 2.45) is 29.4 Å². The van der Waals surface area contributed by atoms with Gasteiger partial charge in [0.2, 0.25) is 41.4 Å². The van der Waals surface area contributed by atoms with Crippen LogP contribution in [0.25, 0.3) is 0 Å². The van der Waals surface area contributed by atoms with Gasteiger partial charge in [-0.05, 0) is 55.4 Å². The molecule has 7 amide bonds. The van der Waals surface area contributed by atoms with Gasteiger partial charge in [-0.3, -0.25) is 33.6 Å². The molecule has 0 saturated heterocycles. The molecule has 1 rings (SSSR count). The Kier molecular flexibility index (Phi) is 18.9. The molecule has 0 aliphatic carbocycles. The Hall–Kier alpha value is -4.49. The first kappa shape index (κ1) is 44.5. The number of primary amides is 1. The van der Waals surface area contributed by atoms with Gasteiger partial charge >= 0.3 is 0 Å². The minimum Gasteiger partial charge on any atom is -0.368 e. The average molecular weight is 716 g/mol. The smallest absolute Gasteiger partial charge is 0.243 e. The van der Waals surface area contributed by atoms with E-state index in [1.807, 2.05) is 59.7 Å². The van der Waals surface area contributed by atoms with Crippen LogP contribution in [0.4, 0.5) is 0 Å². The first-order valence-electron chi connectivity index (χ1n) is 17.8. The molecule has 0 radical (unpaired) electrons. The molecule has 0 spiro atoms. The number of nitrogens with one attached hydrogen (secondary N) is 6. The first-order chi connectivity index (χ1) is 23.7. The van der Waals surface area contributed by atoms with Crippen molar-refractivity contribution in [2.75, 3.05) is 0 Å². The summed E-state index contributed by atoms with van der Waals surface area (Å²) >= 11 is 0. The summed E-state index contributed by atoms with van der Waals surface area (Å²) in [5.41, 5.74) is 6.33. The summed E-state index contributed by atoms with van der Waals surface area (Å²) in [5, 5.41) is 16.1. The van der Waals surface area contributed by atoms with E-state index in [1.165, 1.54) is 13.8 Å². The molecule has 0 aromatic heterocycles. The normalized spacial score (nSPS) is 14.9. The van der Waals surface area contributed by atoms with Crippen molar-refractivity contribution >= 4 is 41.4 Å². The maximum atomic E-state index is 13.8. The van der Waals surface area contributed by atoms with Crippen molar-refractivity contribution < 1.29 is 33.6 Å². The van der Waals surface area contributed by atoms with Crippen molar-refractivity contribution in [1.29, 1.82) is 0 Å². The minimum absolute atomic E-state index is 0.0440. The Labute approximate surface area is 303 Å². The molecule has 8 N–H and O–H groups in total. The molecular weight excluding hydrogens is 654 g/mol. The van der Waals surface area contributed by atoms with Gasteiger partial charge in [-0.25, -0.2) is 0 Å². The highest BCUT2D eigenvalue weighted by Crippen LogP contribution is 2.12. The topological polar surface area (TPSA) is 218 Å². The van der Waals surface area contributed by atoms with Crippen LogP contribution < -0.4 is 37.6 Å². The van der Waals surface area contributed by atoms with E-state index in [-0.39, 0.29) is 36.5 Å². The number of nitrogens with two attached hydrogens (primary N) is 1. The van der Waals surface area contributed by atoms with Crippen molar-refractivity contribution in [3.05, 3.63) is 35.9 Å². The highest BCUT2D eigenvalue weighted by atomic mass is 16.2. The predicted octanol–water partition coefficient (Wildman–Crippen LogP) is 1.46. The lowest BCUT2D eigenvalue weighted by molar-refractivity contribution is -0.136. The maximum absolute atomic E-state index is 13.8. The van der Waals surface area contributed by atoms with Gasteiger partial charge in [-0.1, -0.05) is 85.7 Å². The number of rotatable bonds is 21. The lowest BCUT2D eigenvalue weighted by atomic mass is 9.98. The summed E-state index contributed by atoms with van der Waals surface area (Å²) in [6, 6.07) is 3.00. The van der Waals surface area contributed by atoms with Gasteiger partial charge in [0.1, 0.15) is 36.3 Å². The SMILES string of the molecule is CC(=O)N[C@@H](CC(C)C)C(=O)N[C@@H](C)C(=O)N[C@H](C(=O)N[C@@H](CC(C)C)C(=O)N[C@@H](Cc1ccccc1)C(=O)N[C@@H](CC(C)C)C(N)=O)C(C)C. The van der Waals surface area contributed by atoms with Crippen molar-refractivity contribution in [3.8, 4) is 0 Å². The fourth-order valence-corrected chi connectivity index (χ4v) is 5.43. The van der Waals surface area contributed by atoms with E-state index >= 15 is 0 Å². The number of hydrogen-bond acceptors (Lipinski definition) is 7. The number of benzene rings is 1. The highest BCUT2D eigenvalue weighted by Gasteiger charge is 2.34. The van der Waals surface area contributed by atoms with Gasteiger partial charge in [0.15, 0.2) is 0 Å². The van der Waals surface area contributed by atoms with Crippen LogP contribution in [-0.4, -0.2) is 77.6 Å². The van der Waals surface area contributed by atoms with Crippen LogP contribution in [0.2, 0.25) is 0 Å². The van der Waals surface area contributed by atoms with E-state index in [1.54, 1.807) is 26.0 Å². The second-order valence-corrected chi connectivity index (χ2v) is 14.9. The molecule has 14 heteroatoms. The molecule has 14 nitrogen and oxygen atoms in total. The molecule has 0 bridgehead atoms. The molecule has 0 saturated carbocycles. The number of hydrogen-bond donors (Lipinski definition) is 7. The van der Waals surface area contributed by atoms with Gasteiger partial charge in [0, 0.05) is 13.3 Å². The van der Waals surface area contributed by atoms with Crippen LogP contribution in [0.1, 0.15) is 94.1 Å². The average Bonchev–Trinajstić information content (AvgIpc) is 3.01. The summed E-state index contributed by atoms with van der Waals surface area (Å²) in [7, 11) is 0. The number of amides is 7. The van der Waals surface area contributed by atoms with E-state index in [0.717, 1.165) is 5.56 Å². The molecule has 1 aromatic carbocycles. The van der Waals surface area contributed by atoms with Crippen molar-refractivity contribution in [3.63, 3.8) is 0 Å². The molecular formula is C37H61N7O7. The molecule has 0 heterocycles. The summed E-state index contributed by atoms with van der Waals surface area (Å²) in [5.74, 6) is -4.34.